The maximum atomic E-state index is 8.05. The summed E-state index contributed by atoms with van der Waals surface area (Å²) in [4.78, 5) is 23.7. The van der Waals surface area contributed by atoms with Crippen molar-refractivity contribution in [1.29, 1.82) is 0 Å². The molecule has 78 heavy (non-hydrogen) atoms. The van der Waals surface area contributed by atoms with E-state index in [2.05, 4.69) is 184 Å². The third-order valence-electron chi connectivity index (χ3n) is 14.9. The first-order valence-electron chi connectivity index (χ1n) is 25.9. The van der Waals surface area contributed by atoms with Gasteiger partial charge < -0.3 is 4.57 Å². The highest BCUT2D eigenvalue weighted by Crippen LogP contribution is 2.42. The van der Waals surface area contributed by atoms with Crippen LogP contribution in [0.25, 0.3) is 105 Å². The Bertz CT molecular complexity index is 4180. The minimum absolute atomic E-state index is 0.541. The van der Waals surface area contributed by atoms with E-state index in [9.17, 15) is 0 Å². The maximum Gasteiger partial charge on any atom is 0.194 e. The van der Waals surface area contributed by atoms with Crippen molar-refractivity contribution in [2.24, 2.45) is 0 Å². The van der Waals surface area contributed by atoms with Crippen molar-refractivity contribution in [1.82, 2.24) is 19.5 Å². The summed E-state index contributed by atoms with van der Waals surface area (Å²) in [5.41, 5.74) is 12.3. The van der Waals surface area contributed by atoms with Crippen LogP contribution in [-0.4, -0.2) is 27.6 Å². The lowest BCUT2D eigenvalue weighted by molar-refractivity contribution is 1.07. The highest BCUT2D eigenvalue weighted by atomic mass is 28.3. The second-order valence-electron chi connectivity index (χ2n) is 19.3. The summed E-state index contributed by atoms with van der Waals surface area (Å²) in [7, 11) is -2.93. The van der Waals surface area contributed by atoms with Gasteiger partial charge in [0.25, 0.3) is 0 Å². The number of nitrogens with zero attached hydrogens (tertiary/aromatic N) is 6. The first-order chi connectivity index (χ1) is 38.6. The van der Waals surface area contributed by atoms with E-state index in [-0.39, 0.29) is 0 Å². The Kier molecular flexibility index (Phi) is 12.3. The largest absolute Gasteiger partial charge is 0.309 e. The zero-order valence-corrected chi connectivity index (χ0v) is 43.2. The molecule has 6 nitrogen and oxygen atoms in total. The SMILES string of the molecule is [C-]#[N+]c1ccccc1-c1ccc2c(c1)c1cc(-c3ccccc3[N+]#[C-])ccc1n2-c1ccc(-c2cccc([Si](c3ccccc3)(c3ccccc3)c3ccccc3)c2)c(-c2nc(-c3ccccc3)nc(-c3ccccc3)n2)c1. The van der Waals surface area contributed by atoms with Crippen LogP contribution in [0.5, 0.6) is 0 Å². The van der Waals surface area contributed by atoms with Crippen LogP contribution in [-0.2, 0) is 0 Å². The van der Waals surface area contributed by atoms with Gasteiger partial charge in [0.1, 0.15) is 0 Å². The molecule has 11 aromatic carbocycles. The van der Waals surface area contributed by atoms with E-state index in [0.717, 1.165) is 77.6 Å². The molecule has 0 aliphatic rings. The first-order valence-corrected chi connectivity index (χ1v) is 27.9. The molecule has 13 rings (SSSR count). The van der Waals surface area contributed by atoms with Crippen LogP contribution in [0, 0.1) is 13.1 Å². The van der Waals surface area contributed by atoms with Crippen LogP contribution in [0.3, 0.4) is 0 Å². The lowest BCUT2D eigenvalue weighted by Crippen LogP contribution is -2.74. The molecule has 0 amide bonds. The summed E-state index contributed by atoms with van der Waals surface area (Å²) in [6, 6.07) is 97.6. The Morgan fingerprint density at radius 3 is 1.17 bits per heavy atom. The van der Waals surface area contributed by atoms with E-state index >= 15 is 0 Å². The predicted molar refractivity (Wildman–Crippen MR) is 323 cm³/mol. The fraction of sp³-hybridized carbons (Fsp3) is 0. The highest BCUT2D eigenvalue weighted by Gasteiger charge is 2.41. The van der Waals surface area contributed by atoms with E-state index < -0.39 is 8.07 Å². The standard InChI is InChI=1S/C71H46N6Si/c1-72-65-37-20-18-35-60(65)52-39-43-67-62(46-52)63-47-53(61-36-19-21-38-66(61)73-2)40-44-68(63)77(67)54-41-42-59(64(48-54)71-75-69(49-23-8-3-9-24-49)74-70(76-71)50-25-10-4-11-26-50)51-27-22-34-58(45-51)78(55-28-12-5-13-29-55,56-30-14-6-15-31-56)57-32-16-7-17-33-57/h3-48H. The fourth-order valence-corrected chi connectivity index (χ4v) is 16.1. The Balaban J connectivity index is 1.09. The quantitative estimate of drug-likeness (QED) is 0.0737. The van der Waals surface area contributed by atoms with Gasteiger partial charge in [-0.25, -0.2) is 24.6 Å². The average Bonchev–Trinajstić information content (AvgIpc) is 3.98. The van der Waals surface area contributed by atoms with Gasteiger partial charge in [-0.15, -0.1) is 0 Å². The normalized spacial score (nSPS) is 11.3. The molecule has 0 atom stereocenters. The van der Waals surface area contributed by atoms with Crippen molar-refractivity contribution in [3.8, 4) is 73.2 Å². The van der Waals surface area contributed by atoms with Gasteiger partial charge in [0.15, 0.2) is 36.9 Å². The Hall–Kier alpha value is -10.6. The number of hydrogen-bond donors (Lipinski definition) is 0. The summed E-state index contributed by atoms with van der Waals surface area (Å²) < 4.78 is 2.32. The molecular weight excluding hydrogens is 965 g/mol. The minimum atomic E-state index is -2.93. The maximum absolute atomic E-state index is 8.05. The summed E-state index contributed by atoms with van der Waals surface area (Å²) in [5.74, 6) is 1.69. The van der Waals surface area contributed by atoms with Crippen molar-refractivity contribution < 1.29 is 0 Å². The number of fused-ring (bicyclic) bond motifs is 3. The Morgan fingerprint density at radius 2 is 0.692 bits per heavy atom. The second-order valence-corrected chi connectivity index (χ2v) is 23.1. The number of para-hydroxylation sites is 2. The molecule has 0 saturated heterocycles. The molecule has 0 saturated carbocycles. The molecule has 0 N–H and O–H groups in total. The lowest BCUT2D eigenvalue weighted by Gasteiger charge is -2.34. The van der Waals surface area contributed by atoms with Crippen molar-refractivity contribution >= 4 is 62.0 Å². The molecule has 0 bridgehead atoms. The van der Waals surface area contributed by atoms with Gasteiger partial charge in [0.2, 0.25) is 0 Å². The molecule has 0 aliphatic heterocycles. The number of hydrogen-bond acceptors (Lipinski definition) is 3. The molecule has 0 spiro atoms. The lowest BCUT2D eigenvalue weighted by atomic mass is 9.98. The van der Waals surface area contributed by atoms with E-state index in [4.69, 9.17) is 28.1 Å². The monoisotopic (exact) mass is 1010 g/mol. The predicted octanol–water partition coefficient (Wildman–Crippen LogP) is 15.4. The van der Waals surface area contributed by atoms with Crippen molar-refractivity contribution in [3.63, 3.8) is 0 Å². The summed E-state index contributed by atoms with van der Waals surface area (Å²) in [6.45, 7) is 16.1. The molecular formula is C71H46N6Si. The topological polar surface area (TPSA) is 52.3 Å². The van der Waals surface area contributed by atoms with Crippen LogP contribution < -0.4 is 20.7 Å². The van der Waals surface area contributed by atoms with Crippen LogP contribution in [0.4, 0.5) is 11.4 Å². The highest BCUT2D eigenvalue weighted by molar-refractivity contribution is 7.19. The van der Waals surface area contributed by atoms with Gasteiger partial charge in [-0.1, -0.05) is 243 Å². The zero-order chi connectivity index (χ0) is 52.4. The molecule has 7 heteroatoms. The molecule has 0 aliphatic carbocycles. The molecule has 364 valence electrons. The van der Waals surface area contributed by atoms with Crippen LogP contribution in [0.2, 0.25) is 0 Å². The number of aromatic nitrogens is 4. The van der Waals surface area contributed by atoms with Crippen molar-refractivity contribution in [3.05, 3.63) is 302 Å². The number of rotatable bonds is 11. The van der Waals surface area contributed by atoms with Gasteiger partial charge in [-0.3, -0.25) is 0 Å². The first kappa shape index (κ1) is 47.2. The molecule has 0 radical (unpaired) electrons. The third-order valence-corrected chi connectivity index (χ3v) is 19.6. The van der Waals surface area contributed by atoms with E-state index in [1.54, 1.807) is 0 Å². The Morgan fingerprint density at radius 1 is 0.295 bits per heavy atom. The summed E-state index contributed by atoms with van der Waals surface area (Å²) >= 11 is 0. The van der Waals surface area contributed by atoms with Gasteiger partial charge in [-0.05, 0) is 90.5 Å². The summed E-state index contributed by atoms with van der Waals surface area (Å²) in [5, 5.41) is 7.16. The van der Waals surface area contributed by atoms with Crippen molar-refractivity contribution in [2.75, 3.05) is 0 Å². The van der Waals surface area contributed by atoms with Crippen molar-refractivity contribution in [2.45, 2.75) is 0 Å². The third kappa shape index (κ3) is 8.34. The van der Waals surface area contributed by atoms with Crippen LogP contribution in [0.15, 0.2) is 279 Å². The van der Waals surface area contributed by atoms with Gasteiger partial charge in [-0.2, -0.15) is 0 Å². The average molecular weight is 1010 g/mol. The minimum Gasteiger partial charge on any atom is -0.309 e. The molecule has 2 heterocycles. The van der Waals surface area contributed by atoms with E-state index in [1.165, 1.54) is 20.7 Å². The zero-order valence-electron chi connectivity index (χ0n) is 42.2. The van der Waals surface area contributed by atoms with Crippen LogP contribution in [0.1, 0.15) is 0 Å². The van der Waals surface area contributed by atoms with Gasteiger partial charge in [0, 0.05) is 33.2 Å². The number of benzene rings is 11. The molecule has 0 unspecified atom stereocenters. The van der Waals surface area contributed by atoms with Crippen LogP contribution >= 0.6 is 0 Å². The molecule has 2 aromatic heterocycles. The Labute approximate surface area is 454 Å². The summed E-state index contributed by atoms with van der Waals surface area (Å²) in [6.07, 6.45) is 0. The molecule has 13 aromatic rings. The van der Waals surface area contributed by atoms with Gasteiger partial charge >= 0.3 is 0 Å². The smallest absolute Gasteiger partial charge is 0.194 e. The van der Waals surface area contributed by atoms with E-state index in [0.29, 0.717) is 28.8 Å². The second kappa shape index (κ2) is 20.3. The molecule has 0 fully saturated rings. The van der Waals surface area contributed by atoms with E-state index in [1.807, 2.05) is 109 Å². The van der Waals surface area contributed by atoms with Gasteiger partial charge in [0.05, 0.1) is 24.2 Å². The fourth-order valence-electron chi connectivity index (χ4n) is 11.3.